The molecule has 0 spiro atoms. The zero-order chi connectivity index (χ0) is 22.1. The fraction of sp³-hybridized carbons (Fsp3) is 0.167. The van der Waals surface area contributed by atoms with Crippen molar-refractivity contribution in [2.45, 2.75) is 0 Å². The molecule has 0 amide bonds. The number of rotatable bonds is 9. The van der Waals surface area contributed by atoms with Crippen LogP contribution in [0.2, 0.25) is 0 Å². The molecular weight excluding hydrogens is 400 g/mol. The Bertz CT molecular complexity index is 1010. The van der Waals surface area contributed by atoms with Gasteiger partial charge in [-0.15, -0.1) is 0 Å². The number of benzene rings is 3. The van der Waals surface area contributed by atoms with Gasteiger partial charge in [0.25, 0.3) is 0 Å². The second-order valence-corrected chi connectivity index (χ2v) is 6.28. The molecule has 0 atom stereocenters. The molecule has 3 aromatic carbocycles. The van der Waals surface area contributed by atoms with Crippen LogP contribution in [0.3, 0.4) is 0 Å². The van der Waals surface area contributed by atoms with Crippen molar-refractivity contribution in [1.29, 1.82) is 0 Å². The van der Waals surface area contributed by atoms with E-state index >= 15 is 0 Å². The number of esters is 2. The first kappa shape index (κ1) is 21.7. The van der Waals surface area contributed by atoms with Crippen LogP contribution in [0.25, 0.3) is 0 Å². The summed E-state index contributed by atoms with van der Waals surface area (Å²) in [4.78, 5) is 24.5. The van der Waals surface area contributed by atoms with E-state index < -0.39 is 11.9 Å². The van der Waals surface area contributed by atoms with E-state index in [0.29, 0.717) is 34.1 Å². The van der Waals surface area contributed by atoms with Gasteiger partial charge in [0.2, 0.25) is 0 Å². The lowest BCUT2D eigenvalue weighted by Crippen LogP contribution is -2.12. The van der Waals surface area contributed by atoms with Gasteiger partial charge in [-0.2, -0.15) is 0 Å². The molecule has 0 aromatic heterocycles. The second-order valence-electron chi connectivity index (χ2n) is 6.28. The van der Waals surface area contributed by atoms with E-state index in [1.54, 1.807) is 12.1 Å². The molecule has 0 saturated heterocycles. The maximum atomic E-state index is 12.4. The van der Waals surface area contributed by atoms with Crippen LogP contribution >= 0.6 is 0 Å². The molecule has 0 aliphatic rings. The van der Waals surface area contributed by atoms with Crippen molar-refractivity contribution in [3.8, 4) is 23.0 Å². The van der Waals surface area contributed by atoms with E-state index in [1.807, 2.05) is 30.3 Å². The van der Waals surface area contributed by atoms with Gasteiger partial charge in [0.15, 0.2) is 11.5 Å². The second kappa shape index (κ2) is 10.7. The third kappa shape index (κ3) is 5.99. The number of carbonyl (C=O) groups excluding carboxylic acids is 2. The Labute approximate surface area is 180 Å². The molecular formula is C24H22O7. The molecule has 0 bridgehead atoms. The van der Waals surface area contributed by atoms with Crippen LogP contribution in [-0.2, 0) is 4.74 Å². The Hall–Kier alpha value is -4.00. The molecule has 3 aromatic rings. The highest BCUT2D eigenvalue weighted by atomic mass is 16.6. The zero-order valence-corrected chi connectivity index (χ0v) is 17.2. The van der Waals surface area contributed by atoms with Crippen molar-refractivity contribution in [3.63, 3.8) is 0 Å². The van der Waals surface area contributed by atoms with E-state index in [1.165, 1.54) is 44.6 Å². The molecule has 0 N–H and O–H groups in total. The minimum absolute atomic E-state index is 0.115. The van der Waals surface area contributed by atoms with Crippen molar-refractivity contribution in [3.05, 3.63) is 83.9 Å². The summed E-state index contributed by atoms with van der Waals surface area (Å²) in [5, 5.41) is 0. The molecule has 0 fully saturated rings. The van der Waals surface area contributed by atoms with E-state index in [9.17, 15) is 9.59 Å². The summed E-state index contributed by atoms with van der Waals surface area (Å²) >= 11 is 0. The summed E-state index contributed by atoms with van der Waals surface area (Å²) in [6, 6.07) is 20.1. The third-order valence-electron chi connectivity index (χ3n) is 4.25. The standard InChI is InChI=1S/C24H22O7/c1-27-21-13-10-18(16-22(21)28-2)24(26)31-20-11-8-17(9-12-20)23(25)30-15-14-29-19-6-4-3-5-7-19/h3-13,16H,14-15H2,1-2H3. The van der Waals surface area contributed by atoms with Crippen LogP contribution < -0.4 is 18.9 Å². The highest BCUT2D eigenvalue weighted by molar-refractivity contribution is 5.92. The monoisotopic (exact) mass is 422 g/mol. The predicted octanol–water partition coefficient (Wildman–Crippen LogP) is 4.16. The van der Waals surface area contributed by atoms with Crippen molar-refractivity contribution >= 4 is 11.9 Å². The fourth-order valence-corrected chi connectivity index (χ4v) is 2.68. The van der Waals surface area contributed by atoms with Gasteiger partial charge in [0.05, 0.1) is 25.3 Å². The van der Waals surface area contributed by atoms with Crippen LogP contribution in [0, 0.1) is 0 Å². The molecule has 31 heavy (non-hydrogen) atoms. The van der Waals surface area contributed by atoms with Crippen molar-refractivity contribution < 1.29 is 33.3 Å². The van der Waals surface area contributed by atoms with Crippen LogP contribution in [0.1, 0.15) is 20.7 Å². The Morgan fingerprint density at radius 3 is 2.03 bits per heavy atom. The molecule has 0 aliphatic heterocycles. The number of hydrogen-bond donors (Lipinski definition) is 0. The van der Waals surface area contributed by atoms with Gasteiger partial charge < -0.3 is 23.7 Å². The van der Waals surface area contributed by atoms with Crippen molar-refractivity contribution in [2.75, 3.05) is 27.4 Å². The average molecular weight is 422 g/mol. The van der Waals surface area contributed by atoms with Gasteiger partial charge in [-0.05, 0) is 54.6 Å². The maximum Gasteiger partial charge on any atom is 0.343 e. The SMILES string of the molecule is COc1ccc(C(=O)Oc2ccc(C(=O)OCCOc3ccccc3)cc2)cc1OC. The molecule has 0 radical (unpaired) electrons. The van der Waals surface area contributed by atoms with Crippen molar-refractivity contribution in [2.24, 2.45) is 0 Å². The van der Waals surface area contributed by atoms with E-state index in [4.69, 9.17) is 23.7 Å². The van der Waals surface area contributed by atoms with E-state index in [-0.39, 0.29) is 13.2 Å². The summed E-state index contributed by atoms with van der Waals surface area (Å²) in [7, 11) is 3.00. The summed E-state index contributed by atoms with van der Waals surface area (Å²) in [6.07, 6.45) is 0. The van der Waals surface area contributed by atoms with Gasteiger partial charge in [0.1, 0.15) is 24.7 Å². The minimum atomic E-state index is -0.561. The topological polar surface area (TPSA) is 80.3 Å². The lowest BCUT2D eigenvalue weighted by molar-refractivity contribution is 0.0450. The first-order valence-electron chi connectivity index (χ1n) is 9.50. The number of carbonyl (C=O) groups is 2. The first-order valence-corrected chi connectivity index (χ1v) is 9.50. The highest BCUT2D eigenvalue weighted by Crippen LogP contribution is 2.28. The smallest absolute Gasteiger partial charge is 0.343 e. The van der Waals surface area contributed by atoms with Gasteiger partial charge in [-0.3, -0.25) is 0 Å². The predicted molar refractivity (Wildman–Crippen MR) is 113 cm³/mol. The van der Waals surface area contributed by atoms with Gasteiger partial charge in [-0.25, -0.2) is 9.59 Å². The maximum absolute atomic E-state index is 12.4. The Kier molecular flexibility index (Phi) is 7.48. The molecule has 7 heteroatoms. The van der Waals surface area contributed by atoms with Gasteiger partial charge >= 0.3 is 11.9 Å². The molecule has 0 aliphatic carbocycles. The molecule has 0 heterocycles. The zero-order valence-electron chi connectivity index (χ0n) is 17.2. The summed E-state index contributed by atoms with van der Waals surface area (Å²) in [5.74, 6) is 0.883. The number of hydrogen-bond acceptors (Lipinski definition) is 7. The third-order valence-corrected chi connectivity index (χ3v) is 4.25. The number of ether oxygens (including phenoxy) is 5. The average Bonchev–Trinajstić information content (AvgIpc) is 2.82. The fourth-order valence-electron chi connectivity index (χ4n) is 2.68. The Morgan fingerprint density at radius 1 is 0.677 bits per heavy atom. The van der Waals surface area contributed by atoms with Crippen LogP contribution in [0.4, 0.5) is 0 Å². The lowest BCUT2D eigenvalue weighted by atomic mass is 10.2. The number of para-hydroxylation sites is 1. The van der Waals surface area contributed by atoms with E-state index in [0.717, 1.165) is 0 Å². The van der Waals surface area contributed by atoms with Gasteiger partial charge in [-0.1, -0.05) is 18.2 Å². The normalized spacial score (nSPS) is 10.1. The van der Waals surface area contributed by atoms with Crippen LogP contribution in [-0.4, -0.2) is 39.4 Å². The molecule has 3 rings (SSSR count). The number of methoxy groups -OCH3 is 2. The molecule has 7 nitrogen and oxygen atoms in total. The largest absolute Gasteiger partial charge is 0.493 e. The molecule has 0 unspecified atom stereocenters. The van der Waals surface area contributed by atoms with Crippen LogP contribution in [0.15, 0.2) is 72.8 Å². The molecule has 0 saturated carbocycles. The Balaban J connectivity index is 1.51. The van der Waals surface area contributed by atoms with Crippen molar-refractivity contribution in [1.82, 2.24) is 0 Å². The lowest BCUT2D eigenvalue weighted by Gasteiger charge is -2.10. The molecule has 160 valence electrons. The summed E-state index contributed by atoms with van der Waals surface area (Å²) < 4.78 is 26.4. The van der Waals surface area contributed by atoms with Crippen LogP contribution in [0.5, 0.6) is 23.0 Å². The summed E-state index contributed by atoms with van der Waals surface area (Å²) in [5.41, 5.74) is 0.644. The summed E-state index contributed by atoms with van der Waals surface area (Å²) in [6.45, 7) is 0.362. The Morgan fingerprint density at radius 2 is 1.35 bits per heavy atom. The first-order chi connectivity index (χ1) is 15.1. The van der Waals surface area contributed by atoms with E-state index in [2.05, 4.69) is 0 Å². The minimum Gasteiger partial charge on any atom is -0.493 e. The van der Waals surface area contributed by atoms with Gasteiger partial charge in [0, 0.05) is 0 Å². The quantitative estimate of drug-likeness (QED) is 0.291. The highest BCUT2D eigenvalue weighted by Gasteiger charge is 2.14.